The van der Waals surface area contributed by atoms with Crippen LogP contribution in [0.25, 0.3) is 11.2 Å². The highest BCUT2D eigenvalue weighted by Gasteiger charge is 2.16. The number of aliphatic hydroxyl groups excluding tert-OH is 1. The molecule has 1 unspecified atom stereocenters. The Labute approximate surface area is 192 Å². The van der Waals surface area contributed by atoms with Crippen molar-refractivity contribution >= 4 is 22.9 Å². The normalized spacial score (nSPS) is 12.0. The first kappa shape index (κ1) is 22.3. The zero-order valence-corrected chi connectivity index (χ0v) is 18.7. The molecule has 0 aliphatic carbocycles. The molecule has 0 spiro atoms. The highest BCUT2D eigenvalue weighted by molar-refractivity contribution is 5.84. The van der Waals surface area contributed by atoms with Crippen molar-refractivity contribution in [2.45, 2.75) is 32.5 Å². The molecule has 0 saturated heterocycles. The Morgan fingerprint density at radius 3 is 2.64 bits per heavy atom. The Bertz CT molecular complexity index is 1210. The summed E-state index contributed by atoms with van der Waals surface area (Å²) in [7, 11) is 1.52. The molecule has 0 fully saturated rings. The molecular formula is C24H28N6O3. The fourth-order valence-electron chi connectivity index (χ4n) is 3.54. The molecule has 172 valence electrons. The molecule has 4 N–H and O–H groups in total. The second-order valence-corrected chi connectivity index (χ2v) is 7.68. The summed E-state index contributed by atoms with van der Waals surface area (Å²) in [5.74, 6) is 1.42. The van der Waals surface area contributed by atoms with Gasteiger partial charge in [-0.1, -0.05) is 49.4 Å². The van der Waals surface area contributed by atoms with Crippen LogP contribution in [0.5, 0.6) is 11.5 Å². The molecule has 0 saturated carbocycles. The average molecular weight is 449 g/mol. The van der Waals surface area contributed by atoms with E-state index in [9.17, 15) is 10.2 Å². The van der Waals surface area contributed by atoms with Gasteiger partial charge in [-0.2, -0.15) is 9.97 Å². The van der Waals surface area contributed by atoms with Gasteiger partial charge < -0.3 is 30.2 Å². The molecule has 2 heterocycles. The number of benzene rings is 2. The quantitative estimate of drug-likeness (QED) is 0.292. The number of methoxy groups -OCH3 is 1. The van der Waals surface area contributed by atoms with Crippen molar-refractivity contribution in [2.75, 3.05) is 24.4 Å². The summed E-state index contributed by atoms with van der Waals surface area (Å²) in [5, 5.41) is 26.5. The molecule has 4 aromatic rings. The second-order valence-electron chi connectivity index (χ2n) is 7.68. The Morgan fingerprint density at radius 1 is 1.09 bits per heavy atom. The molecule has 9 heteroatoms. The van der Waals surface area contributed by atoms with Gasteiger partial charge in [-0.15, -0.1) is 0 Å². The zero-order valence-electron chi connectivity index (χ0n) is 18.7. The van der Waals surface area contributed by atoms with Crippen LogP contribution in [0.15, 0.2) is 54.9 Å². The maximum absolute atomic E-state index is 10.4. The number of phenols is 1. The number of nitrogens with one attached hydrogen (secondary N) is 2. The monoisotopic (exact) mass is 448 g/mol. The number of fused-ring (bicyclic) bond motifs is 1. The van der Waals surface area contributed by atoms with Gasteiger partial charge in [-0.3, -0.25) is 0 Å². The van der Waals surface area contributed by atoms with Crippen LogP contribution in [0.3, 0.4) is 0 Å². The van der Waals surface area contributed by atoms with Crippen LogP contribution in [0.1, 0.15) is 24.5 Å². The van der Waals surface area contributed by atoms with E-state index in [-0.39, 0.29) is 18.4 Å². The highest BCUT2D eigenvalue weighted by Crippen LogP contribution is 2.30. The predicted octanol–water partition coefficient (Wildman–Crippen LogP) is 3.38. The van der Waals surface area contributed by atoms with E-state index in [1.54, 1.807) is 12.4 Å². The summed E-state index contributed by atoms with van der Waals surface area (Å²) in [4.78, 5) is 13.9. The minimum Gasteiger partial charge on any atom is -0.504 e. The second kappa shape index (κ2) is 10.2. The Kier molecular flexibility index (Phi) is 6.89. The first-order valence-electron chi connectivity index (χ1n) is 10.9. The molecular weight excluding hydrogens is 420 g/mol. The number of hydrogen-bond acceptors (Lipinski definition) is 8. The van der Waals surface area contributed by atoms with Crippen LogP contribution in [0.4, 0.5) is 11.8 Å². The number of nitrogens with zero attached hydrogens (tertiary/aromatic N) is 4. The molecule has 0 amide bonds. The molecule has 4 rings (SSSR count). The lowest BCUT2D eigenvalue weighted by atomic mass is 10.2. The van der Waals surface area contributed by atoms with E-state index in [1.807, 2.05) is 41.8 Å². The summed E-state index contributed by atoms with van der Waals surface area (Å²) in [5.41, 5.74) is 3.08. The van der Waals surface area contributed by atoms with E-state index in [0.717, 1.165) is 12.0 Å². The number of para-hydroxylation sites is 1. The van der Waals surface area contributed by atoms with Gasteiger partial charge in [-0.25, -0.2) is 4.98 Å². The van der Waals surface area contributed by atoms with Crippen molar-refractivity contribution < 1.29 is 14.9 Å². The lowest BCUT2D eigenvalue weighted by molar-refractivity contribution is 0.271. The molecule has 0 radical (unpaired) electrons. The number of rotatable bonds is 10. The number of aliphatic hydroxyl groups is 1. The molecule has 1 atom stereocenters. The minimum absolute atomic E-state index is 0.0262. The molecule has 0 aliphatic rings. The lowest BCUT2D eigenvalue weighted by Gasteiger charge is -2.16. The van der Waals surface area contributed by atoms with Crippen molar-refractivity contribution in [3.63, 3.8) is 0 Å². The van der Waals surface area contributed by atoms with E-state index in [1.165, 1.54) is 7.11 Å². The van der Waals surface area contributed by atoms with Gasteiger partial charge >= 0.3 is 0 Å². The summed E-state index contributed by atoms with van der Waals surface area (Å²) < 4.78 is 7.17. The molecule has 0 bridgehead atoms. The fraction of sp³-hybridized carbons (Fsp3) is 0.292. The number of anilines is 2. The van der Waals surface area contributed by atoms with Gasteiger partial charge in [0.15, 0.2) is 28.5 Å². The third-order valence-corrected chi connectivity index (χ3v) is 5.45. The maximum Gasteiger partial charge on any atom is 0.227 e. The van der Waals surface area contributed by atoms with E-state index >= 15 is 0 Å². The summed E-state index contributed by atoms with van der Waals surface area (Å²) in [6, 6.07) is 15.3. The summed E-state index contributed by atoms with van der Waals surface area (Å²) >= 11 is 0. The minimum atomic E-state index is -0.164. The van der Waals surface area contributed by atoms with E-state index in [2.05, 4.69) is 37.7 Å². The number of phenolic OH excluding ortho intramolecular Hbond substituents is 1. The molecule has 2 aromatic carbocycles. The van der Waals surface area contributed by atoms with Gasteiger partial charge in [0.1, 0.15) is 0 Å². The lowest BCUT2D eigenvalue weighted by Crippen LogP contribution is -2.24. The number of imidazole rings is 1. The van der Waals surface area contributed by atoms with Crippen LogP contribution >= 0.6 is 0 Å². The number of hydrogen-bond donors (Lipinski definition) is 4. The summed E-state index contributed by atoms with van der Waals surface area (Å²) in [6.45, 7) is 2.89. The molecule has 33 heavy (non-hydrogen) atoms. The van der Waals surface area contributed by atoms with Crippen LogP contribution in [-0.2, 0) is 13.1 Å². The predicted molar refractivity (Wildman–Crippen MR) is 128 cm³/mol. The van der Waals surface area contributed by atoms with Crippen molar-refractivity contribution in [3.8, 4) is 11.5 Å². The Balaban J connectivity index is 1.69. The first-order valence-corrected chi connectivity index (χ1v) is 10.9. The Morgan fingerprint density at radius 2 is 1.91 bits per heavy atom. The zero-order chi connectivity index (χ0) is 23.2. The van der Waals surface area contributed by atoms with E-state index in [4.69, 9.17) is 4.74 Å². The van der Waals surface area contributed by atoms with E-state index < -0.39 is 0 Å². The van der Waals surface area contributed by atoms with Gasteiger partial charge in [0.05, 0.1) is 32.6 Å². The number of aromatic hydroxyl groups is 1. The first-order chi connectivity index (χ1) is 16.1. The van der Waals surface area contributed by atoms with Crippen LogP contribution in [-0.4, -0.2) is 49.5 Å². The van der Waals surface area contributed by atoms with Gasteiger partial charge in [0, 0.05) is 12.1 Å². The van der Waals surface area contributed by atoms with Gasteiger partial charge in [0.2, 0.25) is 5.95 Å². The van der Waals surface area contributed by atoms with Crippen molar-refractivity contribution in [1.82, 2.24) is 19.5 Å². The van der Waals surface area contributed by atoms with E-state index in [0.29, 0.717) is 47.3 Å². The maximum atomic E-state index is 10.4. The molecule has 9 nitrogen and oxygen atoms in total. The Hall–Kier alpha value is -3.85. The number of aromatic nitrogens is 4. The van der Waals surface area contributed by atoms with Gasteiger partial charge in [0.25, 0.3) is 0 Å². The molecule has 0 aliphatic heterocycles. The topological polar surface area (TPSA) is 117 Å². The summed E-state index contributed by atoms with van der Waals surface area (Å²) in [6.07, 6.45) is 2.47. The van der Waals surface area contributed by atoms with Crippen LogP contribution < -0.4 is 15.4 Å². The largest absolute Gasteiger partial charge is 0.504 e. The third kappa shape index (κ3) is 4.98. The van der Waals surface area contributed by atoms with Crippen LogP contribution in [0.2, 0.25) is 0 Å². The highest BCUT2D eigenvalue weighted by atomic mass is 16.5. The van der Waals surface area contributed by atoms with Crippen molar-refractivity contribution in [2.24, 2.45) is 0 Å². The smallest absolute Gasteiger partial charge is 0.227 e. The van der Waals surface area contributed by atoms with Crippen molar-refractivity contribution in [1.29, 1.82) is 0 Å². The SMILES string of the molecule is CCC(CO)Nc1nc(NCc2cccc(OC)c2O)c2ncn(Cc3ccccc3)c2n1. The van der Waals surface area contributed by atoms with Crippen LogP contribution in [0, 0.1) is 0 Å². The average Bonchev–Trinajstić information content (AvgIpc) is 3.25. The number of ether oxygens (including phenoxy) is 1. The molecule has 2 aromatic heterocycles. The third-order valence-electron chi connectivity index (χ3n) is 5.45. The fourth-order valence-corrected chi connectivity index (χ4v) is 3.54. The standard InChI is InChI=1S/C24H28N6O3/c1-3-18(14-31)27-24-28-22(25-12-17-10-7-11-19(33-2)21(17)32)20-23(29-24)30(15-26-20)13-16-8-5-4-6-9-16/h4-11,15,18,31-32H,3,12-14H2,1-2H3,(H2,25,27,28,29). The van der Waals surface area contributed by atoms with Crippen molar-refractivity contribution in [3.05, 3.63) is 66.0 Å². The van der Waals surface area contributed by atoms with Gasteiger partial charge in [-0.05, 0) is 18.1 Å².